The molecule has 10 heteroatoms. The highest BCUT2D eigenvalue weighted by atomic mass is 19.1. The lowest BCUT2D eigenvalue weighted by Crippen LogP contribution is -2.46. The van der Waals surface area contributed by atoms with E-state index < -0.39 is 35.4 Å². The Morgan fingerprint density at radius 3 is 2.28 bits per heavy atom. The Hall–Kier alpha value is -3.50. The number of nitrogens with zero attached hydrogens (tertiary/aromatic N) is 3. The number of fused-ring (bicyclic) bond motifs is 1. The summed E-state index contributed by atoms with van der Waals surface area (Å²) >= 11 is 0. The average molecular weight is 500 g/mol. The number of benzene rings is 2. The molecule has 0 aliphatic carbocycles. The zero-order chi connectivity index (χ0) is 26.0. The number of carbonyl (C=O) groups is 3. The number of hydrogen-bond acceptors (Lipinski definition) is 7. The minimum atomic E-state index is -1.30. The first-order valence-corrected chi connectivity index (χ1v) is 11.8. The zero-order valence-corrected chi connectivity index (χ0v) is 20.6. The van der Waals surface area contributed by atoms with Gasteiger partial charge in [0.1, 0.15) is 11.4 Å². The van der Waals surface area contributed by atoms with Crippen molar-refractivity contribution in [3.8, 4) is 0 Å². The molecule has 2 aromatic carbocycles. The maximum Gasteiger partial charge on any atom is 0.414 e. The number of anilines is 2. The Labute approximate surface area is 209 Å². The highest BCUT2D eigenvalue weighted by molar-refractivity contribution is 6.21. The molecule has 1 atom stereocenters. The molecule has 1 saturated heterocycles. The van der Waals surface area contributed by atoms with Gasteiger partial charge in [0.2, 0.25) is 0 Å². The Kier molecular flexibility index (Phi) is 7.28. The molecular formula is C26H30FN3O6. The van der Waals surface area contributed by atoms with Gasteiger partial charge in [-0.2, -0.15) is 0 Å². The standard InChI is InChI=1S/C26H30FN3O6/c1-26(2,3)36-25(34)29(17-8-9-22(21(27)14-17)28-10-12-35-13-11-28)15-18(31)16-30-23(32)19-6-4-5-7-20(19)24(30)33/h4-9,14,18,31H,10-13,15-16H2,1-3H3/t18-/m1/s1. The van der Waals surface area contributed by atoms with E-state index in [0.717, 1.165) is 9.80 Å². The predicted molar refractivity (Wildman–Crippen MR) is 131 cm³/mol. The largest absolute Gasteiger partial charge is 0.443 e. The second kappa shape index (κ2) is 10.2. The number of morpholine rings is 1. The van der Waals surface area contributed by atoms with Crippen molar-refractivity contribution < 1.29 is 33.4 Å². The fourth-order valence-corrected chi connectivity index (χ4v) is 4.21. The van der Waals surface area contributed by atoms with Crippen molar-refractivity contribution in [1.29, 1.82) is 0 Å². The second-order valence-electron chi connectivity index (χ2n) is 9.75. The van der Waals surface area contributed by atoms with E-state index in [1.165, 1.54) is 6.07 Å². The quantitative estimate of drug-likeness (QED) is 0.610. The molecule has 0 spiro atoms. The van der Waals surface area contributed by atoms with E-state index in [1.807, 2.05) is 4.90 Å². The molecule has 0 radical (unpaired) electrons. The van der Waals surface area contributed by atoms with E-state index in [2.05, 4.69) is 0 Å². The summed E-state index contributed by atoms with van der Waals surface area (Å²) in [6, 6.07) is 10.8. The molecule has 0 bridgehead atoms. The van der Waals surface area contributed by atoms with Gasteiger partial charge in [-0.3, -0.25) is 19.4 Å². The summed E-state index contributed by atoms with van der Waals surface area (Å²) in [5.41, 5.74) is 0.256. The molecule has 0 saturated carbocycles. The first-order chi connectivity index (χ1) is 17.0. The molecule has 1 N–H and O–H groups in total. The normalized spacial score (nSPS) is 16.7. The molecule has 3 amide bonds. The predicted octanol–water partition coefficient (Wildman–Crippen LogP) is 3.06. The van der Waals surface area contributed by atoms with Crippen molar-refractivity contribution in [3.05, 3.63) is 59.4 Å². The van der Waals surface area contributed by atoms with Gasteiger partial charge in [0.05, 0.1) is 54.9 Å². The van der Waals surface area contributed by atoms with Crippen LogP contribution in [0, 0.1) is 5.82 Å². The van der Waals surface area contributed by atoms with Crippen LogP contribution in [0.15, 0.2) is 42.5 Å². The topological polar surface area (TPSA) is 99.6 Å². The summed E-state index contributed by atoms with van der Waals surface area (Å²) in [5.74, 6) is -1.56. The average Bonchev–Trinajstić information content (AvgIpc) is 3.07. The summed E-state index contributed by atoms with van der Waals surface area (Å²) < 4.78 is 25.9. The van der Waals surface area contributed by atoms with Crippen LogP contribution in [0.4, 0.5) is 20.6 Å². The van der Waals surface area contributed by atoms with Gasteiger partial charge in [0.15, 0.2) is 0 Å². The van der Waals surface area contributed by atoms with Crippen LogP contribution in [0.5, 0.6) is 0 Å². The van der Waals surface area contributed by atoms with Crippen molar-refractivity contribution in [3.63, 3.8) is 0 Å². The van der Waals surface area contributed by atoms with E-state index in [1.54, 1.807) is 57.2 Å². The summed E-state index contributed by atoms with van der Waals surface area (Å²) in [5, 5.41) is 10.8. The number of aliphatic hydroxyl groups excluding tert-OH is 1. The van der Waals surface area contributed by atoms with Gasteiger partial charge in [0.25, 0.3) is 11.8 Å². The summed E-state index contributed by atoms with van der Waals surface area (Å²) in [6.07, 6.45) is -2.09. The van der Waals surface area contributed by atoms with E-state index >= 15 is 4.39 Å². The van der Waals surface area contributed by atoms with Crippen molar-refractivity contribution in [2.45, 2.75) is 32.5 Å². The van der Waals surface area contributed by atoms with Gasteiger partial charge >= 0.3 is 6.09 Å². The Bertz CT molecular complexity index is 1120. The minimum Gasteiger partial charge on any atom is -0.443 e. The highest BCUT2D eigenvalue weighted by Crippen LogP contribution is 2.28. The number of rotatable bonds is 6. The van der Waals surface area contributed by atoms with E-state index in [4.69, 9.17) is 9.47 Å². The zero-order valence-electron chi connectivity index (χ0n) is 20.6. The van der Waals surface area contributed by atoms with Crippen LogP contribution in [-0.2, 0) is 9.47 Å². The van der Waals surface area contributed by atoms with Crippen molar-refractivity contribution in [2.24, 2.45) is 0 Å². The molecule has 192 valence electrons. The molecule has 36 heavy (non-hydrogen) atoms. The summed E-state index contributed by atoms with van der Waals surface area (Å²) in [4.78, 5) is 42.3. The van der Waals surface area contributed by atoms with Crippen LogP contribution in [0.3, 0.4) is 0 Å². The van der Waals surface area contributed by atoms with E-state index in [-0.39, 0.29) is 29.9 Å². The number of halogens is 1. The molecular weight excluding hydrogens is 469 g/mol. The molecule has 2 aliphatic rings. The lowest BCUT2D eigenvalue weighted by molar-refractivity contribution is 0.0504. The van der Waals surface area contributed by atoms with Gasteiger partial charge in [0, 0.05) is 13.1 Å². The maximum absolute atomic E-state index is 15.1. The SMILES string of the molecule is CC(C)(C)OC(=O)N(C[C@@H](O)CN1C(=O)c2ccccc2C1=O)c1ccc(N2CCOCC2)c(F)c1. The Morgan fingerprint density at radius 1 is 1.11 bits per heavy atom. The molecule has 9 nitrogen and oxygen atoms in total. The number of ether oxygens (including phenoxy) is 2. The van der Waals surface area contributed by atoms with Crippen molar-refractivity contribution in [2.75, 3.05) is 49.2 Å². The van der Waals surface area contributed by atoms with Crippen LogP contribution in [0.2, 0.25) is 0 Å². The third kappa shape index (κ3) is 5.50. The summed E-state index contributed by atoms with van der Waals surface area (Å²) in [7, 11) is 0. The lowest BCUT2D eigenvalue weighted by atomic mass is 10.1. The molecule has 2 aromatic rings. The van der Waals surface area contributed by atoms with Gasteiger partial charge in [-0.05, 0) is 51.1 Å². The lowest BCUT2D eigenvalue weighted by Gasteiger charge is -2.31. The second-order valence-corrected chi connectivity index (χ2v) is 9.75. The Balaban J connectivity index is 1.54. The van der Waals surface area contributed by atoms with Gasteiger partial charge < -0.3 is 19.5 Å². The first-order valence-electron chi connectivity index (χ1n) is 11.8. The van der Waals surface area contributed by atoms with Crippen LogP contribution in [0.1, 0.15) is 41.5 Å². The smallest absolute Gasteiger partial charge is 0.414 e. The monoisotopic (exact) mass is 499 g/mol. The van der Waals surface area contributed by atoms with Gasteiger partial charge in [-0.25, -0.2) is 9.18 Å². The molecule has 4 rings (SSSR count). The fraction of sp³-hybridized carbons (Fsp3) is 0.423. The number of imide groups is 1. The Morgan fingerprint density at radius 2 is 1.72 bits per heavy atom. The molecule has 0 aromatic heterocycles. The van der Waals surface area contributed by atoms with E-state index in [9.17, 15) is 19.5 Å². The van der Waals surface area contributed by atoms with E-state index in [0.29, 0.717) is 32.0 Å². The number of aliphatic hydroxyl groups is 1. The maximum atomic E-state index is 15.1. The fourth-order valence-electron chi connectivity index (χ4n) is 4.21. The first kappa shape index (κ1) is 25.6. The van der Waals surface area contributed by atoms with Crippen LogP contribution < -0.4 is 9.80 Å². The van der Waals surface area contributed by atoms with Crippen molar-refractivity contribution in [1.82, 2.24) is 4.90 Å². The number of amides is 3. The summed E-state index contributed by atoms with van der Waals surface area (Å²) in [6.45, 7) is 6.51. The minimum absolute atomic E-state index is 0.181. The third-order valence-corrected chi connectivity index (χ3v) is 5.87. The van der Waals surface area contributed by atoms with Crippen LogP contribution >= 0.6 is 0 Å². The number of hydrogen-bond donors (Lipinski definition) is 1. The van der Waals surface area contributed by atoms with Gasteiger partial charge in [-0.15, -0.1) is 0 Å². The number of β-amino-alcohol motifs (C(OH)–C–C–N with tert-alkyl or cyclic N) is 1. The molecule has 0 unspecified atom stereocenters. The van der Waals surface area contributed by atoms with Crippen LogP contribution in [0.25, 0.3) is 0 Å². The molecule has 2 aliphatic heterocycles. The van der Waals surface area contributed by atoms with Gasteiger partial charge in [-0.1, -0.05) is 12.1 Å². The molecule has 2 heterocycles. The molecule has 1 fully saturated rings. The van der Waals surface area contributed by atoms with Crippen LogP contribution in [-0.4, -0.2) is 79.0 Å². The van der Waals surface area contributed by atoms with Crippen molar-refractivity contribution >= 4 is 29.3 Å². The highest BCUT2D eigenvalue weighted by Gasteiger charge is 2.37. The number of carbonyl (C=O) groups excluding carboxylic acids is 3. The third-order valence-electron chi connectivity index (χ3n) is 5.87.